The minimum Gasteiger partial charge on any atom is -0.377 e. The summed E-state index contributed by atoms with van der Waals surface area (Å²) >= 11 is 2.10. The number of nitrogens with two attached hydrogens (primary N) is 1. The lowest BCUT2D eigenvalue weighted by Crippen LogP contribution is -2.63. The van der Waals surface area contributed by atoms with Gasteiger partial charge in [-0.25, -0.2) is 0 Å². The SMILES string of the molecule is CCCOC1CCCN(C2(CN)CCCSC2C)C1. The summed E-state index contributed by atoms with van der Waals surface area (Å²) in [6.45, 7) is 8.53. The summed E-state index contributed by atoms with van der Waals surface area (Å²) in [5.41, 5.74) is 6.43. The Hall–Kier alpha value is 0.230. The molecule has 0 aromatic rings. The second-order valence-electron chi connectivity index (χ2n) is 6.01. The standard InChI is InChI=1S/C15H30N2OS/c1-3-9-18-14-6-4-8-17(11-14)15(12-16)7-5-10-19-13(15)2/h13-14H,3-12,16H2,1-2H3. The van der Waals surface area contributed by atoms with Crippen molar-refractivity contribution in [2.24, 2.45) is 5.73 Å². The zero-order chi connectivity index (χ0) is 13.7. The summed E-state index contributed by atoms with van der Waals surface area (Å²) in [5.74, 6) is 1.30. The van der Waals surface area contributed by atoms with E-state index in [-0.39, 0.29) is 5.54 Å². The van der Waals surface area contributed by atoms with E-state index in [9.17, 15) is 0 Å². The van der Waals surface area contributed by atoms with Crippen LogP contribution in [-0.4, -0.2) is 53.8 Å². The van der Waals surface area contributed by atoms with E-state index in [2.05, 4.69) is 30.5 Å². The van der Waals surface area contributed by atoms with Gasteiger partial charge in [0, 0.05) is 30.5 Å². The highest BCUT2D eigenvalue weighted by atomic mass is 32.2. The Morgan fingerprint density at radius 1 is 1.42 bits per heavy atom. The van der Waals surface area contributed by atoms with Crippen molar-refractivity contribution in [3.63, 3.8) is 0 Å². The van der Waals surface area contributed by atoms with Gasteiger partial charge in [0.05, 0.1) is 6.10 Å². The van der Waals surface area contributed by atoms with Crippen molar-refractivity contribution in [2.45, 2.75) is 62.8 Å². The van der Waals surface area contributed by atoms with Crippen LogP contribution in [0, 0.1) is 0 Å². The third-order valence-electron chi connectivity index (χ3n) is 4.80. The van der Waals surface area contributed by atoms with Gasteiger partial charge in [-0.3, -0.25) is 4.90 Å². The minimum atomic E-state index is 0.219. The van der Waals surface area contributed by atoms with Crippen LogP contribution in [0.15, 0.2) is 0 Å². The molecule has 2 N–H and O–H groups in total. The Balaban J connectivity index is 2.01. The van der Waals surface area contributed by atoms with Crippen molar-refractivity contribution in [3.8, 4) is 0 Å². The number of thioether (sulfide) groups is 1. The molecule has 112 valence electrons. The molecule has 0 amide bonds. The summed E-state index contributed by atoms with van der Waals surface area (Å²) in [7, 11) is 0. The van der Waals surface area contributed by atoms with E-state index >= 15 is 0 Å². The molecular formula is C15H30N2OS. The van der Waals surface area contributed by atoms with E-state index < -0.39 is 0 Å². The maximum Gasteiger partial charge on any atom is 0.0702 e. The van der Waals surface area contributed by atoms with E-state index in [0.717, 1.165) is 26.1 Å². The summed E-state index contributed by atoms with van der Waals surface area (Å²) in [5, 5.41) is 0.649. The van der Waals surface area contributed by atoms with Crippen LogP contribution in [0.5, 0.6) is 0 Å². The van der Waals surface area contributed by atoms with Crippen molar-refractivity contribution in [1.82, 2.24) is 4.90 Å². The molecule has 2 heterocycles. The molecule has 0 spiro atoms. The molecular weight excluding hydrogens is 256 g/mol. The van der Waals surface area contributed by atoms with Crippen LogP contribution in [-0.2, 0) is 4.74 Å². The molecule has 0 aliphatic carbocycles. The molecule has 0 bridgehead atoms. The Labute approximate surface area is 122 Å². The van der Waals surface area contributed by atoms with Gasteiger partial charge >= 0.3 is 0 Å². The first-order valence-corrected chi connectivity index (χ1v) is 8.96. The van der Waals surface area contributed by atoms with Gasteiger partial charge in [0.1, 0.15) is 0 Å². The van der Waals surface area contributed by atoms with Gasteiger partial charge in [0.25, 0.3) is 0 Å². The van der Waals surface area contributed by atoms with Crippen LogP contribution in [0.2, 0.25) is 0 Å². The quantitative estimate of drug-likeness (QED) is 0.843. The van der Waals surface area contributed by atoms with E-state index in [0.29, 0.717) is 11.4 Å². The van der Waals surface area contributed by atoms with Crippen molar-refractivity contribution >= 4 is 11.8 Å². The van der Waals surface area contributed by atoms with E-state index in [1.807, 2.05) is 0 Å². The Kier molecular flexibility index (Phi) is 6.00. The van der Waals surface area contributed by atoms with Crippen molar-refractivity contribution < 1.29 is 4.74 Å². The summed E-state index contributed by atoms with van der Waals surface area (Å²) < 4.78 is 5.99. The minimum absolute atomic E-state index is 0.219. The highest BCUT2D eigenvalue weighted by molar-refractivity contribution is 8.00. The van der Waals surface area contributed by atoms with E-state index in [1.54, 1.807) is 0 Å². The lowest BCUT2D eigenvalue weighted by Gasteiger charge is -2.52. The first-order chi connectivity index (χ1) is 9.23. The molecule has 3 atom stereocenters. The molecule has 2 fully saturated rings. The number of likely N-dealkylation sites (tertiary alicyclic amines) is 1. The fourth-order valence-corrected chi connectivity index (χ4v) is 4.91. The topological polar surface area (TPSA) is 38.5 Å². The molecule has 19 heavy (non-hydrogen) atoms. The summed E-state index contributed by atoms with van der Waals surface area (Å²) in [6, 6.07) is 0. The highest BCUT2D eigenvalue weighted by Crippen LogP contribution is 2.39. The molecule has 3 unspecified atom stereocenters. The largest absolute Gasteiger partial charge is 0.377 e. The van der Waals surface area contributed by atoms with Gasteiger partial charge < -0.3 is 10.5 Å². The maximum atomic E-state index is 6.21. The average molecular weight is 286 g/mol. The predicted octanol–water partition coefficient (Wildman–Crippen LogP) is 2.49. The van der Waals surface area contributed by atoms with Crippen LogP contribution in [0.4, 0.5) is 0 Å². The average Bonchev–Trinajstić information content (AvgIpc) is 2.46. The summed E-state index contributed by atoms with van der Waals surface area (Å²) in [4.78, 5) is 2.66. The van der Waals surface area contributed by atoms with Gasteiger partial charge in [-0.2, -0.15) is 11.8 Å². The van der Waals surface area contributed by atoms with Crippen LogP contribution in [0.1, 0.15) is 46.0 Å². The highest BCUT2D eigenvalue weighted by Gasteiger charge is 2.44. The molecule has 4 heteroatoms. The molecule has 3 nitrogen and oxygen atoms in total. The lowest BCUT2D eigenvalue weighted by molar-refractivity contribution is -0.0393. The van der Waals surface area contributed by atoms with Crippen molar-refractivity contribution in [3.05, 3.63) is 0 Å². The fraction of sp³-hybridized carbons (Fsp3) is 1.00. The van der Waals surface area contributed by atoms with Crippen LogP contribution in [0.25, 0.3) is 0 Å². The molecule has 0 aromatic heterocycles. The van der Waals surface area contributed by atoms with Gasteiger partial charge in [-0.05, 0) is 44.4 Å². The summed E-state index contributed by atoms with van der Waals surface area (Å²) in [6.07, 6.45) is 6.59. The molecule has 0 radical (unpaired) electrons. The Bertz CT molecular complexity index is 277. The van der Waals surface area contributed by atoms with Crippen LogP contribution in [0.3, 0.4) is 0 Å². The van der Waals surface area contributed by atoms with E-state index in [1.165, 1.54) is 38.0 Å². The molecule has 0 saturated carbocycles. The second-order valence-corrected chi connectivity index (χ2v) is 7.45. The van der Waals surface area contributed by atoms with Crippen LogP contribution >= 0.6 is 11.8 Å². The zero-order valence-electron chi connectivity index (χ0n) is 12.6. The Morgan fingerprint density at radius 2 is 2.26 bits per heavy atom. The van der Waals surface area contributed by atoms with Crippen molar-refractivity contribution in [1.29, 1.82) is 0 Å². The predicted molar refractivity (Wildman–Crippen MR) is 83.8 cm³/mol. The molecule has 2 saturated heterocycles. The fourth-order valence-electron chi connectivity index (χ4n) is 3.57. The Morgan fingerprint density at radius 3 is 2.95 bits per heavy atom. The number of hydrogen-bond donors (Lipinski definition) is 1. The lowest BCUT2D eigenvalue weighted by atomic mass is 9.85. The third-order valence-corrected chi connectivity index (χ3v) is 6.26. The zero-order valence-corrected chi connectivity index (χ0v) is 13.4. The molecule has 2 aliphatic heterocycles. The smallest absolute Gasteiger partial charge is 0.0702 e. The van der Waals surface area contributed by atoms with Crippen molar-refractivity contribution in [2.75, 3.05) is 32.0 Å². The number of piperidine rings is 1. The number of rotatable bonds is 5. The maximum absolute atomic E-state index is 6.21. The van der Waals surface area contributed by atoms with Gasteiger partial charge in [0.2, 0.25) is 0 Å². The first kappa shape index (κ1) is 15.6. The number of ether oxygens (including phenoxy) is 1. The second kappa shape index (κ2) is 7.30. The van der Waals surface area contributed by atoms with Gasteiger partial charge in [0.15, 0.2) is 0 Å². The first-order valence-electron chi connectivity index (χ1n) is 7.91. The van der Waals surface area contributed by atoms with E-state index in [4.69, 9.17) is 10.5 Å². The monoisotopic (exact) mass is 286 g/mol. The molecule has 2 rings (SSSR count). The molecule has 2 aliphatic rings. The van der Waals surface area contributed by atoms with Gasteiger partial charge in [-0.15, -0.1) is 0 Å². The number of hydrogen-bond acceptors (Lipinski definition) is 4. The third kappa shape index (κ3) is 3.46. The normalized spacial score (nSPS) is 37.4. The van der Waals surface area contributed by atoms with Gasteiger partial charge in [-0.1, -0.05) is 13.8 Å². The van der Waals surface area contributed by atoms with Crippen LogP contribution < -0.4 is 5.73 Å². The number of nitrogens with zero attached hydrogens (tertiary/aromatic N) is 1. The molecule has 0 aromatic carbocycles.